The van der Waals surface area contributed by atoms with Crippen LogP contribution in [0.2, 0.25) is 0 Å². The van der Waals surface area contributed by atoms with Gasteiger partial charge in [0.15, 0.2) is 11.9 Å². The summed E-state index contributed by atoms with van der Waals surface area (Å²) in [5.41, 5.74) is 2.91. The van der Waals surface area contributed by atoms with Gasteiger partial charge in [-0.25, -0.2) is 4.79 Å². The standard InChI is InChI=1S/C49H56N6O8S/c1-31(51-42(57)28-32-20-22-34(23-21-32)45(58)33-14-6-3-7-15-33)47(59)53-44-46(35-16-8-4-9-17-35)63-39-25-24-36(29-38(39)55(2)48(44)60)62-27-13-5-12-26-50-41(56)19-11-10-18-40-43-37(30-64-40)52-49(61)54-43/h3-4,6-9,14-17,20-25,29,31,37,40,43-44,46H,5,10-13,18-19,26-28,30H2,1-2H3,(H,50,56)(H,51,57)(H,53,59)(H2,52,54,61)/t31-,37-,40-,43-,44-,46+/m0/s1. The van der Waals surface area contributed by atoms with Gasteiger partial charge in [-0.15, -0.1) is 0 Å². The Hall–Kier alpha value is -6.35. The summed E-state index contributed by atoms with van der Waals surface area (Å²) in [6, 6.07) is 28.4. The van der Waals surface area contributed by atoms with Gasteiger partial charge in [-0.3, -0.25) is 24.0 Å². The van der Waals surface area contributed by atoms with Crippen molar-refractivity contribution in [2.75, 3.05) is 30.9 Å². The molecule has 7 rings (SSSR count). The Morgan fingerprint density at radius 3 is 2.34 bits per heavy atom. The molecule has 0 bridgehead atoms. The first kappa shape index (κ1) is 45.7. The Morgan fingerprint density at radius 1 is 0.844 bits per heavy atom. The van der Waals surface area contributed by atoms with Gasteiger partial charge in [-0.05, 0) is 62.3 Å². The number of nitrogens with zero attached hydrogens (tertiary/aromatic N) is 1. The number of hydrogen-bond acceptors (Lipinski definition) is 9. The van der Waals surface area contributed by atoms with Crippen LogP contribution in [-0.4, -0.2) is 90.8 Å². The molecule has 0 aliphatic carbocycles. The number of unbranched alkanes of at least 4 members (excludes halogenated alkanes) is 3. The molecular formula is C49H56N6O8S. The molecule has 64 heavy (non-hydrogen) atoms. The predicted molar refractivity (Wildman–Crippen MR) is 246 cm³/mol. The molecule has 0 radical (unpaired) electrons. The van der Waals surface area contributed by atoms with Gasteiger partial charge in [0.05, 0.1) is 30.8 Å². The number of carbonyl (C=O) groups is 6. The molecule has 0 spiro atoms. The summed E-state index contributed by atoms with van der Waals surface area (Å²) in [7, 11) is 1.62. The summed E-state index contributed by atoms with van der Waals surface area (Å²) in [4.78, 5) is 79.2. The topological polar surface area (TPSA) is 184 Å². The van der Waals surface area contributed by atoms with E-state index < -0.39 is 35.9 Å². The van der Waals surface area contributed by atoms with Crippen LogP contribution in [0.4, 0.5) is 10.5 Å². The minimum absolute atomic E-state index is 0.0129. The highest BCUT2D eigenvalue weighted by atomic mass is 32.2. The van der Waals surface area contributed by atoms with Crippen molar-refractivity contribution >= 4 is 52.9 Å². The first-order valence-corrected chi connectivity index (χ1v) is 23.1. The van der Waals surface area contributed by atoms with Crippen molar-refractivity contribution in [2.45, 2.75) is 93.8 Å². The minimum atomic E-state index is -1.13. The highest BCUT2D eigenvalue weighted by Crippen LogP contribution is 2.40. The number of ether oxygens (including phenoxy) is 2. The van der Waals surface area contributed by atoms with E-state index in [1.54, 1.807) is 80.7 Å². The van der Waals surface area contributed by atoms with E-state index in [1.165, 1.54) is 4.90 Å². The Labute approximate surface area is 378 Å². The molecule has 4 aromatic carbocycles. The predicted octanol–water partition coefficient (Wildman–Crippen LogP) is 5.64. The van der Waals surface area contributed by atoms with Gasteiger partial charge in [0.25, 0.3) is 5.91 Å². The molecule has 336 valence electrons. The van der Waals surface area contributed by atoms with Gasteiger partial charge in [0, 0.05) is 48.2 Å². The van der Waals surface area contributed by atoms with E-state index in [0.29, 0.717) is 64.3 Å². The van der Waals surface area contributed by atoms with Crippen molar-refractivity contribution in [3.63, 3.8) is 0 Å². The van der Waals surface area contributed by atoms with E-state index >= 15 is 0 Å². The summed E-state index contributed by atoms with van der Waals surface area (Å²) in [6.45, 7) is 2.59. The molecule has 3 heterocycles. The number of thioether (sulfide) groups is 1. The first-order chi connectivity index (χ1) is 31.0. The average molecular weight is 889 g/mol. The summed E-state index contributed by atoms with van der Waals surface area (Å²) in [5, 5.41) is 15.0. The maximum atomic E-state index is 14.2. The molecule has 0 unspecified atom stereocenters. The molecule has 0 saturated carbocycles. The van der Waals surface area contributed by atoms with Gasteiger partial charge >= 0.3 is 6.03 Å². The molecule has 2 saturated heterocycles. The van der Waals surface area contributed by atoms with Crippen LogP contribution in [-0.2, 0) is 25.6 Å². The van der Waals surface area contributed by atoms with Crippen LogP contribution in [0.15, 0.2) is 103 Å². The third-order valence-electron chi connectivity index (χ3n) is 11.8. The number of nitrogens with one attached hydrogen (secondary N) is 5. The van der Waals surface area contributed by atoms with Crippen LogP contribution in [0.25, 0.3) is 0 Å². The monoisotopic (exact) mass is 888 g/mol. The summed E-state index contributed by atoms with van der Waals surface area (Å²) in [6.07, 6.45) is 4.81. The Kier molecular flexibility index (Phi) is 15.6. The molecular weight excluding hydrogens is 833 g/mol. The van der Waals surface area contributed by atoms with E-state index in [2.05, 4.69) is 26.6 Å². The zero-order valence-electron chi connectivity index (χ0n) is 36.2. The quantitative estimate of drug-likeness (QED) is 0.0426. The van der Waals surface area contributed by atoms with E-state index in [1.807, 2.05) is 48.2 Å². The van der Waals surface area contributed by atoms with E-state index in [0.717, 1.165) is 44.3 Å². The Balaban J connectivity index is 0.859. The normalized spacial score (nSPS) is 20.3. The van der Waals surface area contributed by atoms with Crippen molar-refractivity contribution in [3.05, 3.63) is 125 Å². The number of rotatable bonds is 20. The van der Waals surface area contributed by atoms with Gasteiger partial charge < -0.3 is 41.0 Å². The molecule has 3 aliphatic rings. The second-order valence-corrected chi connectivity index (χ2v) is 17.7. The van der Waals surface area contributed by atoms with Gasteiger partial charge in [0.2, 0.25) is 17.7 Å². The maximum absolute atomic E-state index is 14.2. The van der Waals surface area contributed by atoms with Crippen molar-refractivity contribution in [1.29, 1.82) is 0 Å². The zero-order chi connectivity index (χ0) is 45.0. The fourth-order valence-corrected chi connectivity index (χ4v) is 9.73. The van der Waals surface area contributed by atoms with Gasteiger partial charge in [0.1, 0.15) is 23.6 Å². The third kappa shape index (κ3) is 11.8. The summed E-state index contributed by atoms with van der Waals surface area (Å²) in [5.74, 6) is 0.503. The highest BCUT2D eigenvalue weighted by molar-refractivity contribution is 8.00. The lowest BCUT2D eigenvalue weighted by molar-refractivity contribution is -0.132. The zero-order valence-corrected chi connectivity index (χ0v) is 37.0. The van der Waals surface area contributed by atoms with Crippen LogP contribution >= 0.6 is 11.8 Å². The third-order valence-corrected chi connectivity index (χ3v) is 13.3. The molecule has 3 aliphatic heterocycles. The second kappa shape index (κ2) is 21.8. The molecule has 2 fully saturated rings. The number of amides is 6. The number of fused-ring (bicyclic) bond motifs is 2. The molecule has 14 nitrogen and oxygen atoms in total. The SMILES string of the molecule is C[C@H](NC(=O)Cc1ccc(C(=O)c2ccccc2)cc1)C(=O)N[C@@H]1C(=O)N(C)c2cc(OCCCCCNC(=O)CCCC[C@@H]3SC[C@@H]4NC(=O)N[C@@H]43)ccc2O[C@@H]1c1ccccc1. The lowest BCUT2D eigenvalue weighted by atomic mass is 10.0. The smallest absolute Gasteiger partial charge is 0.315 e. The summed E-state index contributed by atoms with van der Waals surface area (Å²) >= 11 is 1.89. The van der Waals surface area contributed by atoms with Crippen molar-refractivity contribution in [2.24, 2.45) is 0 Å². The lowest BCUT2D eigenvalue weighted by Gasteiger charge is -2.28. The van der Waals surface area contributed by atoms with Crippen LogP contribution in [0.1, 0.15) is 85.0 Å². The highest BCUT2D eigenvalue weighted by Gasteiger charge is 2.43. The number of urea groups is 1. The Morgan fingerprint density at radius 2 is 1.58 bits per heavy atom. The van der Waals surface area contributed by atoms with Gasteiger partial charge in [-0.1, -0.05) is 91.3 Å². The number of carbonyl (C=O) groups excluding carboxylic acids is 6. The number of likely N-dealkylation sites (N-methyl/N-ethyl adjacent to an activating group) is 1. The lowest BCUT2D eigenvalue weighted by Crippen LogP contribution is -2.55. The number of anilines is 1. The molecule has 15 heteroatoms. The van der Waals surface area contributed by atoms with E-state index in [9.17, 15) is 28.8 Å². The summed E-state index contributed by atoms with van der Waals surface area (Å²) < 4.78 is 12.6. The average Bonchev–Trinajstić information content (AvgIpc) is 3.84. The maximum Gasteiger partial charge on any atom is 0.315 e. The second-order valence-electron chi connectivity index (χ2n) is 16.4. The van der Waals surface area contributed by atoms with Crippen LogP contribution in [0.3, 0.4) is 0 Å². The van der Waals surface area contributed by atoms with Gasteiger partial charge in [-0.2, -0.15) is 11.8 Å². The van der Waals surface area contributed by atoms with Crippen molar-refractivity contribution in [3.8, 4) is 11.5 Å². The fraction of sp³-hybridized carbons (Fsp3) is 0.388. The molecule has 5 N–H and O–H groups in total. The molecule has 4 aromatic rings. The minimum Gasteiger partial charge on any atom is -0.494 e. The first-order valence-electron chi connectivity index (χ1n) is 22.0. The van der Waals surface area contributed by atoms with Crippen LogP contribution in [0, 0.1) is 0 Å². The van der Waals surface area contributed by atoms with E-state index in [-0.39, 0.29) is 36.2 Å². The number of benzene rings is 4. The Bertz CT molecular complexity index is 2280. The number of ketones is 1. The molecule has 6 amide bonds. The molecule has 6 atom stereocenters. The van der Waals surface area contributed by atoms with Crippen LogP contribution < -0.4 is 41.0 Å². The van der Waals surface area contributed by atoms with Crippen molar-refractivity contribution in [1.82, 2.24) is 26.6 Å². The van der Waals surface area contributed by atoms with E-state index in [4.69, 9.17) is 9.47 Å². The number of hydrogen-bond donors (Lipinski definition) is 5. The van der Waals surface area contributed by atoms with Crippen LogP contribution in [0.5, 0.6) is 11.5 Å². The fourth-order valence-electron chi connectivity index (χ4n) is 8.19. The molecule has 0 aromatic heterocycles. The van der Waals surface area contributed by atoms with Crippen molar-refractivity contribution < 1.29 is 38.2 Å². The largest absolute Gasteiger partial charge is 0.494 e.